The highest BCUT2D eigenvalue weighted by atomic mass is 35.5. The molecule has 0 radical (unpaired) electrons. The first-order valence-electron chi connectivity index (χ1n) is 10.0. The number of amides is 1. The molecule has 1 heterocycles. The number of pyridine rings is 1. The molecule has 2 fully saturated rings. The van der Waals surface area contributed by atoms with Gasteiger partial charge in [-0.1, -0.05) is 11.6 Å². The number of alkyl halides is 2. The Balaban J connectivity index is 1.34. The molecule has 0 spiro atoms. The second-order valence-corrected chi connectivity index (χ2v) is 8.47. The first kappa shape index (κ1) is 21.2. The number of nitrogens with one attached hydrogen (secondary N) is 1. The van der Waals surface area contributed by atoms with Crippen molar-refractivity contribution in [1.82, 2.24) is 10.3 Å². The fourth-order valence-electron chi connectivity index (χ4n) is 3.64. The molecule has 0 atom stereocenters. The van der Waals surface area contributed by atoms with Crippen molar-refractivity contribution in [3.05, 3.63) is 35.0 Å². The van der Waals surface area contributed by atoms with Crippen LogP contribution in [0.25, 0.3) is 10.9 Å². The lowest BCUT2D eigenvalue weighted by atomic mass is 9.92. The molecule has 0 unspecified atom stereocenters. The Kier molecular flexibility index (Phi) is 6.09. The molecule has 2 aliphatic rings. The molecule has 1 amide bonds. The number of carbonyl (C=O) groups excluding carboxylic acids is 1. The van der Waals surface area contributed by atoms with Crippen LogP contribution in [-0.4, -0.2) is 47.0 Å². The standard InChI is InChI=1S/C21H23ClF2N2O4/c22-16-8-12-7-13(10-25-17(12)9-18(16)30-20(23)24)19(27)26-14-1-3-15(4-2-14)29-11-21(28)5-6-21/h7-10,14-15,20,28H,1-6,11H2,(H,26,27)/t14-,15-. The van der Waals surface area contributed by atoms with Crippen molar-refractivity contribution in [3.63, 3.8) is 0 Å². The van der Waals surface area contributed by atoms with E-state index in [1.165, 1.54) is 18.3 Å². The Bertz CT molecular complexity index is 931. The highest BCUT2D eigenvalue weighted by molar-refractivity contribution is 6.32. The molecule has 2 aliphatic carbocycles. The van der Waals surface area contributed by atoms with Crippen LogP contribution >= 0.6 is 11.6 Å². The summed E-state index contributed by atoms with van der Waals surface area (Å²) in [5, 5.41) is 13.5. The van der Waals surface area contributed by atoms with E-state index in [9.17, 15) is 18.7 Å². The molecule has 2 saturated carbocycles. The van der Waals surface area contributed by atoms with Gasteiger partial charge in [0.25, 0.3) is 5.91 Å². The first-order chi connectivity index (χ1) is 14.3. The summed E-state index contributed by atoms with van der Waals surface area (Å²) >= 11 is 5.99. The van der Waals surface area contributed by atoms with Crippen molar-refractivity contribution in [2.75, 3.05) is 6.61 Å². The number of halogens is 3. The van der Waals surface area contributed by atoms with E-state index in [1.54, 1.807) is 6.07 Å². The molecule has 1 aromatic heterocycles. The quantitative estimate of drug-likeness (QED) is 0.678. The maximum Gasteiger partial charge on any atom is 0.387 e. The SMILES string of the molecule is O=C(N[C@H]1CC[C@H](OCC2(O)CC2)CC1)c1cnc2cc(OC(F)F)c(Cl)cc2c1. The fourth-order valence-corrected chi connectivity index (χ4v) is 3.86. The Morgan fingerprint density at radius 1 is 1.27 bits per heavy atom. The van der Waals surface area contributed by atoms with Crippen LogP contribution < -0.4 is 10.1 Å². The summed E-state index contributed by atoms with van der Waals surface area (Å²) < 4.78 is 35.1. The lowest BCUT2D eigenvalue weighted by Crippen LogP contribution is -2.39. The molecule has 6 nitrogen and oxygen atoms in total. The number of aromatic nitrogens is 1. The molecule has 2 aromatic rings. The third kappa shape index (κ3) is 5.17. The van der Waals surface area contributed by atoms with Gasteiger partial charge in [-0.3, -0.25) is 9.78 Å². The van der Waals surface area contributed by atoms with Crippen LogP contribution in [0.5, 0.6) is 5.75 Å². The van der Waals surface area contributed by atoms with Crippen molar-refractivity contribution in [2.24, 2.45) is 0 Å². The Morgan fingerprint density at radius 3 is 2.67 bits per heavy atom. The molecule has 30 heavy (non-hydrogen) atoms. The molecule has 0 saturated heterocycles. The van der Waals surface area contributed by atoms with Gasteiger partial charge in [0, 0.05) is 23.7 Å². The summed E-state index contributed by atoms with van der Waals surface area (Å²) in [5.74, 6) is -0.401. The summed E-state index contributed by atoms with van der Waals surface area (Å²) in [6, 6.07) is 4.45. The van der Waals surface area contributed by atoms with Crippen molar-refractivity contribution in [1.29, 1.82) is 0 Å². The van der Waals surface area contributed by atoms with Crippen LogP contribution in [0.2, 0.25) is 5.02 Å². The largest absolute Gasteiger partial charge is 0.433 e. The number of aliphatic hydroxyl groups is 1. The molecule has 4 rings (SSSR count). The number of hydrogen-bond acceptors (Lipinski definition) is 5. The summed E-state index contributed by atoms with van der Waals surface area (Å²) in [7, 11) is 0. The van der Waals surface area contributed by atoms with Gasteiger partial charge in [0.15, 0.2) is 0 Å². The maximum atomic E-state index is 12.6. The average molecular weight is 441 g/mol. The lowest BCUT2D eigenvalue weighted by Gasteiger charge is -2.29. The van der Waals surface area contributed by atoms with Crippen molar-refractivity contribution < 1.29 is 28.2 Å². The van der Waals surface area contributed by atoms with Gasteiger partial charge >= 0.3 is 6.61 Å². The zero-order chi connectivity index (χ0) is 21.3. The van der Waals surface area contributed by atoms with Gasteiger partial charge in [-0.25, -0.2) is 0 Å². The maximum absolute atomic E-state index is 12.6. The Hall–Kier alpha value is -2.03. The second kappa shape index (κ2) is 8.61. The highest BCUT2D eigenvalue weighted by Crippen LogP contribution is 2.36. The molecule has 0 bridgehead atoms. The predicted octanol–water partition coefficient (Wildman–Crippen LogP) is 4.07. The summed E-state index contributed by atoms with van der Waals surface area (Å²) in [6.45, 7) is -2.59. The van der Waals surface area contributed by atoms with E-state index >= 15 is 0 Å². The van der Waals surface area contributed by atoms with E-state index in [0.717, 1.165) is 38.5 Å². The summed E-state index contributed by atoms with van der Waals surface area (Å²) in [5.41, 5.74) is 0.167. The highest BCUT2D eigenvalue weighted by Gasteiger charge is 2.41. The minimum atomic E-state index is -2.98. The number of hydrogen-bond donors (Lipinski definition) is 2. The molecular formula is C21H23ClF2N2O4. The van der Waals surface area contributed by atoms with Crippen LogP contribution in [0.3, 0.4) is 0 Å². The smallest absolute Gasteiger partial charge is 0.387 e. The third-order valence-electron chi connectivity index (χ3n) is 5.64. The predicted molar refractivity (Wildman–Crippen MR) is 107 cm³/mol. The van der Waals surface area contributed by atoms with Gasteiger partial charge in [-0.15, -0.1) is 0 Å². The zero-order valence-electron chi connectivity index (χ0n) is 16.2. The number of nitrogens with zero attached hydrogens (tertiary/aromatic N) is 1. The Labute approximate surface area is 177 Å². The van der Waals surface area contributed by atoms with Gasteiger partial charge in [0.05, 0.1) is 34.4 Å². The number of fused-ring (bicyclic) bond motifs is 1. The monoisotopic (exact) mass is 440 g/mol. The van der Waals surface area contributed by atoms with E-state index in [4.69, 9.17) is 16.3 Å². The van der Waals surface area contributed by atoms with Crippen LogP contribution in [0.1, 0.15) is 48.9 Å². The number of carbonyl (C=O) groups is 1. The topological polar surface area (TPSA) is 80.7 Å². The summed E-state index contributed by atoms with van der Waals surface area (Å²) in [6.07, 6.45) is 6.42. The van der Waals surface area contributed by atoms with Gasteiger partial charge in [0.2, 0.25) is 0 Å². The van der Waals surface area contributed by atoms with Gasteiger partial charge < -0.3 is 19.9 Å². The van der Waals surface area contributed by atoms with Gasteiger partial charge in [0.1, 0.15) is 5.75 Å². The number of ether oxygens (including phenoxy) is 2. The lowest BCUT2D eigenvalue weighted by molar-refractivity contribution is -0.0497. The van der Waals surface area contributed by atoms with Crippen LogP contribution in [-0.2, 0) is 4.74 Å². The minimum Gasteiger partial charge on any atom is -0.433 e. The normalized spacial score (nSPS) is 22.8. The van der Waals surface area contributed by atoms with Crippen molar-refractivity contribution in [3.8, 4) is 5.75 Å². The molecule has 0 aliphatic heterocycles. The van der Waals surface area contributed by atoms with E-state index in [2.05, 4.69) is 15.0 Å². The zero-order valence-corrected chi connectivity index (χ0v) is 17.0. The van der Waals surface area contributed by atoms with E-state index in [0.29, 0.717) is 23.1 Å². The molecule has 2 N–H and O–H groups in total. The van der Waals surface area contributed by atoms with Crippen LogP contribution in [0.4, 0.5) is 8.78 Å². The van der Waals surface area contributed by atoms with Crippen LogP contribution in [0.15, 0.2) is 24.4 Å². The summed E-state index contributed by atoms with van der Waals surface area (Å²) in [4.78, 5) is 16.8. The van der Waals surface area contributed by atoms with Crippen LogP contribution in [0, 0.1) is 0 Å². The fraction of sp³-hybridized carbons (Fsp3) is 0.524. The molecule has 162 valence electrons. The molecule has 9 heteroatoms. The third-order valence-corrected chi connectivity index (χ3v) is 5.93. The number of rotatable bonds is 7. The Morgan fingerprint density at radius 2 is 2.00 bits per heavy atom. The van der Waals surface area contributed by atoms with Gasteiger partial charge in [-0.05, 0) is 50.7 Å². The minimum absolute atomic E-state index is 0.0244. The second-order valence-electron chi connectivity index (χ2n) is 8.06. The van der Waals surface area contributed by atoms with E-state index < -0.39 is 12.2 Å². The number of benzene rings is 1. The average Bonchev–Trinajstić information content (AvgIpc) is 3.45. The van der Waals surface area contributed by atoms with E-state index in [-0.39, 0.29) is 28.8 Å². The van der Waals surface area contributed by atoms with Gasteiger partial charge in [-0.2, -0.15) is 8.78 Å². The molecular weight excluding hydrogens is 418 g/mol. The van der Waals surface area contributed by atoms with Crippen molar-refractivity contribution >= 4 is 28.4 Å². The van der Waals surface area contributed by atoms with Crippen molar-refractivity contribution in [2.45, 2.75) is 62.9 Å². The molecule has 1 aromatic carbocycles. The first-order valence-corrected chi connectivity index (χ1v) is 10.4. The van der Waals surface area contributed by atoms with E-state index in [1.807, 2.05) is 0 Å².